The van der Waals surface area contributed by atoms with Crippen molar-refractivity contribution in [2.45, 2.75) is 44.6 Å². The first-order chi connectivity index (χ1) is 11.1. The minimum Gasteiger partial charge on any atom is -0.324 e. The molecule has 1 spiro atoms. The number of nitrogens with one attached hydrogen (secondary N) is 1. The Balaban J connectivity index is 1.64. The fraction of sp³-hybridized carbons (Fsp3) is 0.529. The molecule has 2 heterocycles. The van der Waals surface area contributed by atoms with Crippen LogP contribution < -0.4 is 5.32 Å². The molecule has 0 atom stereocenters. The maximum atomic E-state index is 12.5. The van der Waals surface area contributed by atoms with Gasteiger partial charge in [-0.2, -0.15) is 0 Å². The summed E-state index contributed by atoms with van der Waals surface area (Å²) >= 11 is 0. The lowest BCUT2D eigenvalue weighted by Gasteiger charge is -2.32. The normalized spacial score (nSPS) is 27.2. The molecular weight excluding hydrogens is 292 g/mol. The molecule has 1 aromatic heterocycles. The van der Waals surface area contributed by atoms with Gasteiger partial charge in [-0.05, 0) is 37.8 Å². The van der Waals surface area contributed by atoms with Gasteiger partial charge in [-0.25, -0.2) is 0 Å². The lowest BCUT2D eigenvalue weighted by Crippen LogP contribution is -2.44. The summed E-state index contributed by atoms with van der Waals surface area (Å²) in [5, 5.41) is 2.90. The smallest absolute Gasteiger partial charge is 0.255 e. The van der Waals surface area contributed by atoms with Gasteiger partial charge in [0.25, 0.3) is 5.91 Å². The van der Waals surface area contributed by atoms with Gasteiger partial charge in [0.2, 0.25) is 5.91 Å². The molecule has 2 amide bonds. The average molecular weight is 314 g/mol. The van der Waals surface area contributed by atoms with Crippen LogP contribution in [0.1, 0.15) is 39.0 Å². The Morgan fingerprint density at radius 2 is 2.17 bits per heavy atom. The molecule has 1 aromatic rings. The highest BCUT2D eigenvalue weighted by Crippen LogP contribution is 2.40. The van der Waals surface area contributed by atoms with Gasteiger partial charge in [0.05, 0.1) is 11.9 Å². The Bertz CT molecular complexity index is 633. The Hall–Kier alpha value is -2.24. The quantitative estimate of drug-likeness (QED) is 0.929. The summed E-state index contributed by atoms with van der Waals surface area (Å²) in [5.41, 5.74) is 0.0892. The number of amides is 2. The summed E-state index contributed by atoms with van der Waals surface area (Å²) < 4.78 is 0. The van der Waals surface area contributed by atoms with E-state index in [9.17, 15) is 9.59 Å². The van der Waals surface area contributed by atoms with Gasteiger partial charge in [0.1, 0.15) is 11.4 Å². The zero-order chi connectivity index (χ0) is 16.4. The number of aromatic nitrogens is 1. The largest absolute Gasteiger partial charge is 0.324 e. The van der Waals surface area contributed by atoms with E-state index in [1.54, 1.807) is 30.4 Å². The van der Waals surface area contributed by atoms with Crippen molar-refractivity contribution in [3.8, 4) is 0 Å². The fourth-order valence-electron chi connectivity index (χ4n) is 3.48. The minimum absolute atomic E-state index is 0.00588. The molecule has 6 heteroatoms. The highest BCUT2D eigenvalue weighted by molar-refractivity contribution is 6.08. The van der Waals surface area contributed by atoms with E-state index >= 15 is 0 Å². The Morgan fingerprint density at radius 1 is 1.43 bits per heavy atom. The van der Waals surface area contributed by atoms with Crippen LogP contribution in [0.5, 0.6) is 0 Å². The van der Waals surface area contributed by atoms with Crippen molar-refractivity contribution in [3.05, 3.63) is 24.5 Å². The third-order valence-electron chi connectivity index (χ3n) is 4.86. The van der Waals surface area contributed by atoms with Crippen molar-refractivity contribution in [1.82, 2.24) is 9.88 Å². The van der Waals surface area contributed by atoms with E-state index in [1.165, 1.54) is 0 Å². The Kier molecular flexibility index (Phi) is 4.15. The summed E-state index contributed by atoms with van der Waals surface area (Å²) in [4.78, 5) is 35.2. The number of likely N-dealkylation sites (N-methyl/N-ethyl adjacent to an activating group) is 1. The molecule has 0 radical (unpaired) electrons. The number of hydrogen-bond acceptors (Lipinski definition) is 4. The lowest BCUT2D eigenvalue weighted by atomic mass is 9.76. The van der Waals surface area contributed by atoms with Crippen LogP contribution in [0.25, 0.3) is 0 Å². The van der Waals surface area contributed by atoms with Crippen molar-refractivity contribution >= 4 is 23.3 Å². The molecule has 1 saturated carbocycles. The van der Waals surface area contributed by atoms with Crippen molar-refractivity contribution in [3.63, 3.8) is 0 Å². The van der Waals surface area contributed by atoms with Crippen LogP contribution in [-0.2, 0) is 9.59 Å². The molecule has 1 aliphatic heterocycles. The number of amidine groups is 1. The Labute approximate surface area is 136 Å². The second-order valence-corrected chi connectivity index (χ2v) is 6.28. The number of carbonyl (C=O) groups excluding carboxylic acids is 2. The van der Waals surface area contributed by atoms with Gasteiger partial charge < -0.3 is 10.2 Å². The maximum absolute atomic E-state index is 12.5. The average Bonchev–Trinajstić information content (AvgIpc) is 2.81. The second kappa shape index (κ2) is 6.10. The summed E-state index contributed by atoms with van der Waals surface area (Å²) in [7, 11) is 1.79. The maximum Gasteiger partial charge on any atom is 0.255 e. The highest BCUT2D eigenvalue weighted by atomic mass is 16.2. The third kappa shape index (κ3) is 2.85. The van der Waals surface area contributed by atoms with Gasteiger partial charge in [-0.3, -0.25) is 19.6 Å². The number of anilines is 1. The van der Waals surface area contributed by atoms with Gasteiger partial charge in [0, 0.05) is 25.6 Å². The molecule has 0 aromatic carbocycles. The third-order valence-corrected chi connectivity index (χ3v) is 4.86. The van der Waals surface area contributed by atoms with Crippen molar-refractivity contribution in [1.29, 1.82) is 0 Å². The van der Waals surface area contributed by atoms with E-state index in [0.29, 0.717) is 31.4 Å². The van der Waals surface area contributed by atoms with Crippen LogP contribution in [0.4, 0.5) is 5.69 Å². The predicted octanol–water partition coefficient (Wildman–Crippen LogP) is 2.23. The van der Waals surface area contributed by atoms with Crippen LogP contribution >= 0.6 is 0 Å². The van der Waals surface area contributed by atoms with Crippen LogP contribution in [0.3, 0.4) is 0 Å². The molecule has 122 valence electrons. The highest BCUT2D eigenvalue weighted by Gasteiger charge is 2.49. The monoisotopic (exact) mass is 314 g/mol. The molecular formula is C17H22N4O2. The summed E-state index contributed by atoms with van der Waals surface area (Å²) in [6.07, 6.45) is 6.73. The number of carbonyl (C=O) groups is 2. The summed E-state index contributed by atoms with van der Waals surface area (Å²) in [5.74, 6) is 0.875. The number of nitrogens with zero attached hydrogens (tertiary/aromatic N) is 3. The van der Waals surface area contributed by atoms with Crippen LogP contribution in [0.2, 0.25) is 0 Å². The van der Waals surface area contributed by atoms with E-state index < -0.39 is 5.54 Å². The zero-order valence-electron chi connectivity index (χ0n) is 13.6. The molecule has 1 N–H and O–H groups in total. The predicted molar refractivity (Wildman–Crippen MR) is 88.1 cm³/mol. The van der Waals surface area contributed by atoms with Gasteiger partial charge in [0.15, 0.2) is 0 Å². The fourth-order valence-corrected chi connectivity index (χ4v) is 3.48. The molecule has 0 bridgehead atoms. The SMILES string of the molecule is CCC1=NC2(CCC(C(=O)Nc3cccnc3)CC2)C(=O)N1C. The topological polar surface area (TPSA) is 74.7 Å². The number of aliphatic imine (C=N–C) groups is 1. The second-order valence-electron chi connectivity index (χ2n) is 6.28. The first kappa shape index (κ1) is 15.6. The van der Waals surface area contributed by atoms with Crippen molar-refractivity contribution in [2.75, 3.05) is 12.4 Å². The molecule has 0 unspecified atom stereocenters. The standard InChI is InChI=1S/C17H22N4O2/c1-3-14-20-17(16(23)21(14)2)8-6-12(7-9-17)15(22)19-13-5-4-10-18-11-13/h4-5,10-12H,3,6-9H2,1-2H3,(H,19,22). The summed E-state index contributed by atoms with van der Waals surface area (Å²) in [6, 6.07) is 3.61. The summed E-state index contributed by atoms with van der Waals surface area (Å²) in [6.45, 7) is 2.01. The zero-order valence-corrected chi connectivity index (χ0v) is 13.6. The van der Waals surface area contributed by atoms with Crippen LogP contribution in [-0.4, -0.2) is 40.1 Å². The van der Waals surface area contributed by atoms with E-state index in [-0.39, 0.29) is 17.7 Å². The van der Waals surface area contributed by atoms with Crippen LogP contribution in [0, 0.1) is 5.92 Å². The first-order valence-corrected chi connectivity index (χ1v) is 8.13. The number of pyridine rings is 1. The first-order valence-electron chi connectivity index (χ1n) is 8.13. The van der Waals surface area contributed by atoms with E-state index in [4.69, 9.17) is 0 Å². The lowest BCUT2D eigenvalue weighted by molar-refractivity contribution is -0.133. The molecule has 6 nitrogen and oxygen atoms in total. The van der Waals surface area contributed by atoms with E-state index in [0.717, 1.165) is 12.3 Å². The molecule has 2 aliphatic rings. The molecule has 3 rings (SSSR count). The molecule has 1 aliphatic carbocycles. The molecule has 1 fully saturated rings. The molecule has 23 heavy (non-hydrogen) atoms. The van der Waals surface area contributed by atoms with Crippen molar-refractivity contribution < 1.29 is 9.59 Å². The number of hydrogen-bond donors (Lipinski definition) is 1. The van der Waals surface area contributed by atoms with E-state index in [1.807, 2.05) is 13.0 Å². The van der Waals surface area contributed by atoms with Gasteiger partial charge in [-0.1, -0.05) is 6.92 Å². The number of rotatable bonds is 3. The minimum atomic E-state index is -0.620. The van der Waals surface area contributed by atoms with E-state index in [2.05, 4.69) is 15.3 Å². The van der Waals surface area contributed by atoms with Crippen molar-refractivity contribution in [2.24, 2.45) is 10.9 Å². The van der Waals surface area contributed by atoms with Gasteiger partial charge in [-0.15, -0.1) is 0 Å². The van der Waals surface area contributed by atoms with Crippen LogP contribution in [0.15, 0.2) is 29.5 Å². The van der Waals surface area contributed by atoms with Gasteiger partial charge >= 0.3 is 0 Å². The Morgan fingerprint density at radius 3 is 2.74 bits per heavy atom. The molecule has 0 saturated heterocycles.